The molecule has 24 heavy (non-hydrogen) atoms. The van der Waals surface area contributed by atoms with Crippen molar-refractivity contribution in [1.82, 2.24) is 4.98 Å². The summed E-state index contributed by atoms with van der Waals surface area (Å²) in [5.41, 5.74) is 1.22. The summed E-state index contributed by atoms with van der Waals surface area (Å²) in [6, 6.07) is 8.67. The third-order valence-electron chi connectivity index (χ3n) is 3.15. The molecule has 0 unspecified atom stereocenters. The number of carboxylic acids is 1. The minimum Gasteiger partial charge on any atom is -0.493 e. The van der Waals surface area contributed by atoms with E-state index in [2.05, 4.69) is 9.98 Å². The van der Waals surface area contributed by atoms with E-state index in [1.165, 1.54) is 21.1 Å². The topological polar surface area (TPSA) is 90.2 Å². The summed E-state index contributed by atoms with van der Waals surface area (Å²) in [6.07, 6.45) is 2.11. The molecule has 2 aromatic rings. The maximum absolute atomic E-state index is 11.0. The van der Waals surface area contributed by atoms with Gasteiger partial charge in [0.1, 0.15) is 0 Å². The quantitative estimate of drug-likeness (QED) is 0.785. The zero-order valence-corrected chi connectivity index (χ0v) is 13.6. The Kier molecular flexibility index (Phi) is 5.73. The molecule has 0 bridgehead atoms. The molecule has 0 aliphatic rings. The first-order chi connectivity index (χ1) is 11.5. The van der Waals surface area contributed by atoms with Gasteiger partial charge in [0.2, 0.25) is 5.88 Å². The van der Waals surface area contributed by atoms with E-state index in [1.54, 1.807) is 42.7 Å². The van der Waals surface area contributed by atoms with Crippen molar-refractivity contribution >= 4 is 17.9 Å². The molecule has 0 aliphatic carbocycles. The van der Waals surface area contributed by atoms with E-state index in [1.807, 2.05) is 0 Å². The molecule has 7 heteroatoms. The van der Waals surface area contributed by atoms with Gasteiger partial charge < -0.3 is 19.3 Å². The number of carboxylic acid groups (broad SMARTS) is 1. The van der Waals surface area contributed by atoms with Crippen LogP contribution in [0.3, 0.4) is 0 Å². The standard InChI is InChI=1S/C17H18N2O5/c1-11(17(20)21)24-16-12(5-4-6-14(16)22-2)9-18-13-7-8-15(23-3)19-10-13/h4-11H,1-3H3,(H,20,21)/t11-/m0/s1. The number of nitrogens with zero attached hydrogens (tertiary/aromatic N) is 2. The van der Waals surface area contributed by atoms with Gasteiger partial charge in [0.05, 0.1) is 26.1 Å². The normalized spacial score (nSPS) is 12.0. The Balaban J connectivity index is 2.30. The lowest BCUT2D eigenvalue weighted by Crippen LogP contribution is -2.23. The number of hydrogen-bond donors (Lipinski definition) is 1. The lowest BCUT2D eigenvalue weighted by Gasteiger charge is -2.15. The van der Waals surface area contributed by atoms with E-state index in [0.717, 1.165) is 0 Å². The summed E-state index contributed by atoms with van der Waals surface area (Å²) in [5.74, 6) is 0.179. The number of hydrogen-bond acceptors (Lipinski definition) is 6. The van der Waals surface area contributed by atoms with Crippen LogP contribution in [0.4, 0.5) is 5.69 Å². The van der Waals surface area contributed by atoms with Crippen LogP contribution >= 0.6 is 0 Å². The molecule has 1 heterocycles. The number of aliphatic carboxylic acids is 1. The van der Waals surface area contributed by atoms with E-state index >= 15 is 0 Å². The van der Waals surface area contributed by atoms with E-state index < -0.39 is 12.1 Å². The Morgan fingerprint density at radius 3 is 2.62 bits per heavy atom. The molecule has 1 N–H and O–H groups in total. The first kappa shape index (κ1) is 17.3. The lowest BCUT2D eigenvalue weighted by atomic mass is 10.2. The first-order valence-electron chi connectivity index (χ1n) is 7.15. The highest BCUT2D eigenvalue weighted by Gasteiger charge is 2.17. The monoisotopic (exact) mass is 330 g/mol. The molecule has 7 nitrogen and oxygen atoms in total. The van der Waals surface area contributed by atoms with Gasteiger partial charge in [0.25, 0.3) is 0 Å². The Labute approximate surface area is 139 Å². The molecule has 1 atom stereocenters. The van der Waals surface area contributed by atoms with E-state index in [9.17, 15) is 4.79 Å². The van der Waals surface area contributed by atoms with Crippen LogP contribution in [-0.4, -0.2) is 42.6 Å². The molecular formula is C17H18N2O5. The molecule has 0 radical (unpaired) electrons. The zero-order chi connectivity index (χ0) is 17.5. The molecule has 2 rings (SSSR count). The second-order valence-corrected chi connectivity index (χ2v) is 4.79. The third kappa shape index (κ3) is 4.22. The first-order valence-corrected chi connectivity index (χ1v) is 7.15. The van der Waals surface area contributed by atoms with Gasteiger partial charge in [-0.15, -0.1) is 0 Å². The minimum atomic E-state index is -1.07. The highest BCUT2D eigenvalue weighted by Crippen LogP contribution is 2.31. The van der Waals surface area contributed by atoms with Crippen LogP contribution in [0.15, 0.2) is 41.5 Å². The fourth-order valence-electron chi connectivity index (χ4n) is 1.86. The summed E-state index contributed by atoms with van der Waals surface area (Å²) in [5, 5.41) is 9.04. The highest BCUT2D eigenvalue weighted by molar-refractivity contribution is 5.87. The molecule has 0 aliphatic heterocycles. The number of methoxy groups -OCH3 is 2. The average Bonchev–Trinajstić information content (AvgIpc) is 2.60. The molecule has 1 aromatic carbocycles. The van der Waals surface area contributed by atoms with Crippen LogP contribution in [0.2, 0.25) is 0 Å². The van der Waals surface area contributed by atoms with E-state index in [-0.39, 0.29) is 0 Å². The minimum absolute atomic E-state index is 0.320. The molecule has 1 aromatic heterocycles. The van der Waals surface area contributed by atoms with Crippen molar-refractivity contribution in [3.63, 3.8) is 0 Å². The number of para-hydroxylation sites is 1. The van der Waals surface area contributed by atoms with Crippen LogP contribution < -0.4 is 14.2 Å². The average molecular weight is 330 g/mol. The fraction of sp³-hybridized carbons (Fsp3) is 0.235. The van der Waals surface area contributed by atoms with Crippen molar-refractivity contribution in [2.45, 2.75) is 13.0 Å². The Morgan fingerprint density at radius 2 is 2.04 bits per heavy atom. The molecule has 0 spiro atoms. The number of pyridine rings is 1. The summed E-state index contributed by atoms with van der Waals surface area (Å²) >= 11 is 0. The van der Waals surface area contributed by atoms with Crippen LogP contribution in [0.1, 0.15) is 12.5 Å². The van der Waals surface area contributed by atoms with Crippen LogP contribution in [0, 0.1) is 0 Å². The molecule has 0 amide bonds. The van der Waals surface area contributed by atoms with Crippen molar-refractivity contribution in [1.29, 1.82) is 0 Å². The second kappa shape index (κ2) is 7.96. The van der Waals surface area contributed by atoms with Crippen molar-refractivity contribution < 1.29 is 24.1 Å². The second-order valence-electron chi connectivity index (χ2n) is 4.79. The van der Waals surface area contributed by atoms with E-state index in [0.29, 0.717) is 28.6 Å². The summed E-state index contributed by atoms with van der Waals surface area (Å²) in [6.45, 7) is 1.45. The molecular weight excluding hydrogens is 312 g/mol. The molecule has 126 valence electrons. The molecule has 0 fully saturated rings. The molecule has 0 saturated carbocycles. The zero-order valence-electron chi connectivity index (χ0n) is 13.6. The van der Waals surface area contributed by atoms with Gasteiger partial charge in [0.15, 0.2) is 17.6 Å². The SMILES string of the molecule is COc1ccc(N=Cc2cccc(OC)c2O[C@@H](C)C(=O)O)cn1. The number of benzene rings is 1. The predicted octanol–water partition coefficient (Wildman–Crippen LogP) is 2.70. The van der Waals surface area contributed by atoms with Gasteiger partial charge in [-0.05, 0) is 25.1 Å². The summed E-state index contributed by atoms with van der Waals surface area (Å²) in [7, 11) is 3.02. The maximum atomic E-state index is 11.0. The van der Waals surface area contributed by atoms with Crippen molar-refractivity contribution in [3.8, 4) is 17.4 Å². The summed E-state index contributed by atoms with van der Waals surface area (Å²) < 4.78 is 15.7. The van der Waals surface area contributed by atoms with Gasteiger partial charge in [-0.2, -0.15) is 0 Å². The Morgan fingerprint density at radius 1 is 1.25 bits per heavy atom. The number of carbonyl (C=O) groups is 1. The largest absolute Gasteiger partial charge is 0.493 e. The fourth-order valence-corrected chi connectivity index (χ4v) is 1.86. The van der Waals surface area contributed by atoms with Crippen molar-refractivity contribution in [3.05, 3.63) is 42.1 Å². The number of aromatic nitrogens is 1. The number of aliphatic imine (C=N–C) groups is 1. The van der Waals surface area contributed by atoms with Gasteiger partial charge in [-0.3, -0.25) is 4.99 Å². The van der Waals surface area contributed by atoms with Crippen molar-refractivity contribution in [2.24, 2.45) is 4.99 Å². The van der Waals surface area contributed by atoms with Crippen molar-refractivity contribution in [2.75, 3.05) is 14.2 Å². The van der Waals surface area contributed by atoms with E-state index in [4.69, 9.17) is 19.3 Å². The molecule has 0 saturated heterocycles. The Bertz CT molecular complexity index is 728. The van der Waals surface area contributed by atoms with Gasteiger partial charge in [0, 0.05) is 17.8 Å². The predicted molar refractivity (Wildman–Crippen MR) is 88.8 cm³/mol. The Hall–Kier alpha value is -3.09. The van der Waals surface area contributed by atoms with Gasteiger partial charge >= 0.3 is 5.97 Å². The maximum Gasteiger partial charge on any atom is 0.344 e. The van der Waals surface area contributed by atoms with Crippen LogP contribution in [0.5, 0.6) is 17.4 Å². The smallest absolute Gasteiger partial charge is 0.344 e. The number of ether oxygens (including phenoxy) is 3. The van der Waals surface area contributed by atoms with Crippen LogP contribution in [-0.2, 0) is 4.79 Å². The lowest BCUT2D eigenvalue weighted by molar-refractivity contribution is -0.144. The third-order valence-corrected chi connectivity index (χ3v) is 3.15. The highest BCUT2D eigenvalue weighted by atomic mass is 16.5. The van der Waals surface area contributed by atoms with Crippen LogP contribution in [0.25, 0.3) is 0 Å². The number of rotatable bonds is 7. The van der Waals surface area contributed by atoms with Gasteiger partial charge in [-0.25, -0.2) is 9.78 Å². The summed E-state index contributed by atoms with van der Waals surface area (Å²) in [4.78, 5) is 19.4. The van der Waals surface area contributed by atoms with Gasteiger partial charge in [-0.1, -0.05) is 6.07 Å².